The molecule has 1 saturated carbocycles. The van der Waals surface area contributed by atoms with Crippen molar-refractivity contribution in [3.63, 3.8) is 0 Å². The molecule has 2 aliphatic rings. The van der Waals surface area contributed by atoms with Gasteiger partial charge in [0.1, 0.15) is 11.5 Å². The first-order valence-corrected chi connectivity index (χ1v) is 9.07. The van der Waals surface area contributed by atoms with Crippen molar-refractivity contribution in [2.75, 3.05) is 31.1 Å². The van der Waals surface area contributed by atoms with E-state index in [-0.39, 0.29) is 5.91 Å². The normalized spacial score (nSPS) is 23.2. The summed E-state index contributed by atoms with van der Waals surface area (Å²) in [7, 11) is 0. The Morgan fingerprint density at radius 1 is 1.08 bits per heavy atom. The summed E-state index contributed by atoms with van der Waals surface area (Å²) in [5.41, 5.74) is 1.22. The van der Waals surface area contributed by atoms with Crippen LogP contribution in [0, 0.1) is 5.92 Å². The Morgan fingerprint density at radius 3 is 2.48 bits per heavy atom. The van der Waals surface area contributed by atoms with E-state index < -0.39 is 0 Å². The minimum atomic E-state index is 0.0606. The SMILES string of the molecule is C[C@@H]1C[C@@H]1c1ccc(/C=C/C(=O)N2CCN(c3ccccc3)CC2)o1. The van der Waals surface area contributed by atoms with Crippen LogP contribution in [0.3, 0.4) is 0 Å². The number of hydrogen-bond donors (Lipinski definition) is 0. The molecule has 1 amide bonds. The predicted molar refractivity (Wildman–Crippen MR) is 99.5 cm³/mol. The van der Waals surface area contributed by atoms with Crippen molar-refractivity contribution in [1.29, 1.82) is 0 Å². The van der Waals surface area contributed by atoms with Gasteiger partial charge in [-0.2, -0.15) is 0 Å². The van der Waals surface area contributed by atoms with Gasteiger partial charge in [0.15, 0.2) is 0 Å². The highest BCUT2D eigenvalue weighted by atomic mass is 16.3. The molecule has 0 N–H and O–H groups in total. The zero-order valence-corrected chi connectivity index (χ0v) is 14.6. The van der Waals surface area contributed by atoms with Crippen molar-refractivity contribution >= 4 is 17.7 Å². The Bertz CT molecular complexity index is 757. The number of carbonyl (C=O) groups is 1. The van der Waals surface area contributed by atoms with Gasteiger partial charge in [0.2, 0.25) is 5.91 Å². The van der Waals surface area contributed by atoms with E-state index >= 15 is 0 Å². The molecule has 1 aromatic carbocycles. The van der Waals surface area contributed by atoms with Gasteiger partial charge in [-0.1, -0.05) is 25.1 Å². The lowest BCUT2D eigenvalue weighted by Gasteiger charge is -2.35. The Morgan fingerprint density at radius 2 is 1.80 bits per heavy atom. The monoisotopic (exact) mass is 336 g/mol. The molecule has 2 heterocycles. The van der Waals surface area contributed by atoms with Crippen LogP contribution in [-0.2, 0) is 4.79 Å². The molecule has 1 aliphatic heterocycles. The van der Waals surface area contributed by atoms with Crippen molar-refractivity contribution < 1.29 is 9.21 Å². The molecule has 1 aliphatic carbocycles. The summed E-state index contributed by atoms with van der Waals surface area (Å²) in [4.78, 5) is 16.6. The Labute approximate surface area is 148 Å². The first-order chi connectivity index (χ1) is 12.2. The van der Waals surface area contributed by atoms with Crippen molar-refractivity contribution in [1.82, 2.24) is 4.90 Å². The number of benzene rings is 1. The number of piperazine rings is 1. The van der Waals surface area contributed by atoms with E-state index in [2.05, 4.69) is 36.1 Å². The average molecular weight is 336 g/mol. The molecule has 130 valence electrons. The van der Waals surface area contributed by atoms with Crippen LogP contribution in [0.4, 0.5) is 5.69 Å². The highest BCUT2D eigenvalue weighted by Crippen LogP contribution is 2.47. The smallest absolute Gasteiger partial charge is 0.246 e. The first-order valence-electron chi connectivity index (χ1n) is 9.07. The molecule has 0 bridgehead atoms. The maximum atomic E-state index is 12.4. The summed E-state index contributed by atoms with van der Waals surface area (Å²) >= 11 is 0. The minimum absolute atomic E-state index is 0.0606. The lowest BCUT2D eigenvalue weighted by Crippen LogP contribution is -2.48. The number of rotatable bonds is 4. The third-order valence-electron chi connectivity index (χ3n) is 5.23. The molecule has 4 rings (SSSR count). The van der Waals surface area contributed by atoms with Crippen LogP contribution in [0.5, 0.6) is 0 Å². The third kappa shape index (κ3) is 3.63. The number of nitrogens with zero attached hydrogens (tertiary/aromatic N) is 2. The van der Waals surface area contributed by atoms with E-state index in [9.17, 15) is 4.79 Å². The fourth-order valence-electron chi connectivity index (χ4n) is 3.46. The second-order valence-electron chi connectivity index (χ2n) is 7.04. The molecule has 4 heteroatoms. The number of anilines is 1. The van der Waals surface area contributed by atoms with E-state index in [1.54, 1.807) is 12.2 Å². The van der Waals surface area contributed by atoms with Crippen molar-refractivity contribution in [2.45, 2.75) is 19.3 Å². The molecule has 0 spiro atoms. The van der Waals surface area contributed by atoms with Gasteiger partial charge in [-0.3, -0.25) is 4.79 Å². The van der Waals surface area contributed by atoms with E-state index in [0.29, 0.717) is 5.92 Å². The molecule has 0 radical (unpaired) electrons. The summed E-state index contributed by atoms with van der Waals surface area (Å²) in [6.45, 7) is 5.48. The summed E-state index contributed by atoms with van der Waals surface area (Å²) in [6.07, 6.45) is 4.64. The number of para-hydroxylation sites is 1. The van der Waals surface area contributed by atoms with Gasteiger partial charge in [-0.15, -0.1) is 0 Å². The van der Waals surface area contributed by atoms with Crippen molar-refractivity contribution in [3.05, 3.63) is 60.1 Å². The maximum Gasteiger partial charge on any atom is 0.246 e. The first kappa shape index (κ1) is 16.0. The van der Waals surface area contributed by atoms with Crippen molar-refractivity contribution in [3.8, 4) is 0 Å². The Hall–Kier alpha value is -2.49. The van der Waals surface area contributed by atoms with Crippen molar-refractivity contribution in [2.24, 2.45) is 5.92 Å². The Balaban J connectivity index is 1.31. The van der Waals surface area contributed by atoms with Gasteiger partial charge in [-0.25, -0.2) is 0 Å². The van der Waals surface area contributed by atoms with Crippen LogP contribution in [0.15, 0.2) is 53.0 Å². The van der Waals surface area contributed by atoms with E-state index in [4.69, 9.17) is 4.42 Å². The van der Waals surface area contributed by atoms with Gasteiger partial charge in [0.25, 0.3) is 0 Å². The van der Waals surface area contributed by atoms with Crippen LogP contribution in [0.25, 0.3) is 6.08 Å². The van der Waals surface area contributed by atoms with Crippen LogP contribution in [0.2, 0.25) is 0 Å². The molecule has 2 atom stereocenters. The molecule has 25 heavy (non-hydrogen) atoms. The fourth-order valence-corrected chi connectivity index (χ4v) is 3.46. The predicted octanol–water partition coefficient (Wildman–Crippen LogP) is 3.77. The van der Waals surface area contributed by atoms with Gasteiger partial charge in [0.05, 0.1) is 0 Å². The molecular weight excluding hydrogens is 312 g/mol. The average Bonchev–Trinajstić information content (AvgIpc) is 3.20. The molecule has 0 unspecified atom stereocenters. The summed E-state index contributed by atoms with van der Waals surface area (Å²) in [6, 6.07) is 14.4. The minimum Gasteiger partial charge on any atom is -0.461 e. The number of hydrogen-bond acceptors (Lipinski definition) is 3. The Kier molecular flexibility index (Phi) is 4.35. The van der Waals surface area contributed by atoms with E-state index in [1.165, 1.54) is 12.1 Å². The lowest BCUT2D eigenvalue weighted by atomic mass is 10.2. The molecule has 1 aromatic heterocycles. The fraction of sp³-hybridized carbons (Fsp3) is 0.381. The van der Waals surface area contributed by atoms with Crippen LogP contribution in [0.1, 0.15) is 30.8 Å². The quantitative estimate of drug-likeness (QED) is 0.798. The zero-order valence-electron chi connectivity index (χ0n) is 14.6. The van der Waals surface area contributed by atoms with Crippen LogP contribution in [-0.4, -0.2) is 37.0 Å². The second-order valence-corrected chi connectivity index (χ2v) is 7.04. The molecule has 1 saturated heterocycles. The second kappa shape index (κ2) is 6.79. The summed E-state index contributed by atoms with van der Waals surface area (Å²) in [5, 5.41) is 0. The van der Waals surface area contributed by atoms with Gasteiger partial charge < -0.3 is 14.2 Å². The maximum absolute atomic E-state index is 12.4. The molecule has 4 nitrogen and oxygen atoms in total. The highest BCUT2D eigenvalue weighted by molar-refractivity contribution is 5.91. The third-order valence-corrected chi connectivity index (χ3v) is 5.23. The van der Waals surface area contributed by atoms with E-state index in [0.717, 1.165) is 43.6 Å². The molecule has 2 fully saturated rings. The van der Waals surface area contributed by atoms with Crippen LogP contribution < -0.4 is 4.90 Å². The molecule has 2 aromatic rings. The lowest BCUT2D eigenvalue weighted by molar-refractivity contribution is -0.126. The van der Waals surface area contributed by atoms with Gasteiger partial charge in [-0.05, 0) is 42.7 Å². The standard InChI is InChI=1S/C21H24N2O2/c1-16-15-19(16)20-9-7-18(25-20)8-10-21(24)23-13-11-22(12-14-23)17-5-3-2-4-6-17/h2-10,16,19H,11-15H2,1H3/b10-8+/t16-,19+/m1/s1. The summed E-state index contributed by atoms with van der Waals surface area (Å²) in [5.74, 6) is 3.18. The topological polar surface area (TPSA) is 36.7 Å². The van der Waals surface area contributed by atoms with Gasteiger partial charge >= 0.3 is 0 Å². The summed E-state index contributed by atoms with van der Waals surface area (Å²) < 4.78 is 5.82. The highest BCUT2D eigenvalue weighted by Gasteiger charge is 2.36. The number of carbonyl (C=O) groups excluding carboxylic acids is 1. The number of amides is 1. The zero-order chi connectivity index (χ0) is 17.2. The number of furan rings is 1. The van der Waals surface area contributed by atoms with Gasteiger partial charge in [0, 0.05) is 43.9 Å². The van der Waals surface area contributed by atoms with E-state index in [1.807, 2.05) is 23.1 Å². The largest absolute Gasteiger partial charge is 0.461 e. The molecular formula is C21H24N2O2. The van der Waals surface area contributed by atoms with Crippen LogP contribution >= 0.6 is 0 Å².